The highest BCUT2D eigenvalue weighted by Gasteiger charge is 2.09. The van der Waals surface area contributed by atoms with Gasteiger partial charge in [-0.25, -0.2) is 0 Å². The van der Waals surface area contributed by atoms with Crippen molar-refractivity contribution in [2.45, 2.75) is 34.1 Å². The van der Waals surface area contributed by atoms with E-state index in [4.69, 9.17) is 0 Å². The third-order valence-electron chi connectivity index (χ3n) is 1.88. The van der Waals surface area contributed by atoms with E-state index in [1.54, 1.807) is 0 Å². The van der Waals surface area contributed by atoms with E-state index in [2.05, 4.69) is 34.3 Å². The first-order chi connectivity index (χ1) is 4.09. The molecule has 0 aliphatic heterocycles. The maximum absolute atomic E-state index is 3.95. The van der Waals surface area contributed by atoms with E-state index in [0.29, 0.717) is 0 Å². The highest BCUT2D eigenvalue weighted by molar-refractivity contribution is 4.96. The van der Waals surface area contributed by atoms with Crippen LogP contribution in [0.25, 0.3) is 0 Å². The second kappa shape index (κ2) is 3.71. The molecular weight excluding hydrogens is 108 g/mol. The van der Waals surface area contributed by atoms with Gasteiger partial charge in [0.15, 0.2) is 0 Å². The lowest BCUT2D eigenvalue weighted by atomic mass is 9.88. The first-order valence-electron chi connectivity index (χ1n) is 3.75. The summed E-state index contributed by atoms with van der Waals surface area (Å²) in [5.74, 6) is 1.48. The fourth-order valence-corrected chi connectivity index (χ4v) is 1.39. The summed E-state index contributed by atoms with van der Waals surface area (Å²) in [6, 6.07) is 0. The fourth-order valence-electron chi connectivity index (χ4n) is 1.39. The lowest BCUT2D eigenvalue weighted by molar-refractivity contribution is 0.432. The van der Waals surface area contributed by atoms with Crippen LogP contribution in [0.1, 0.15) is 34.1 Å². The van der Waals surface area contributed by atoms with Gasteiger partial charge in [0.2, 0.25) is 0 Å². The lowest BCUT2D eigenvalue weighted by Crippen LogP contribution is -2.07. The molecule has 54 valence electrons. The quantitative estimate of drug-likeness (QED) is 0.509. The molecule has 0 rings (SSSR count). The molecule has 0 saturated carbocycles. The highest BCUT2D eigenvalue weighted by Crippen LogP contribution is 2.21. The molecule has 0 saturated heterocycles. The standard InChI is InChI=1S/C9H18/c1-6-9(7(2)3)8(4)5/h8-9H,2,6H2,1,3-5H3/t9-/m1/s1. The molecule has 0 heteroatoms. The van der Waals surface area contributed by atoms with Crippen LogP contribution >= 0.6 is 0 Å². The minimum Gasteiger partial charge on any atom is -0.0999 e. The van der Waals surface area contributed by atoms with Crippen molar-refractivity contribution >= 4 is 0 Å². The third-order valence-corrected chi connectivity index (χ3v) is 1.88. The molecular formula is C9H18. The molecule has 0 fully saturated rings. The molecule has 0 nitrogen and oxygen atoms in total. The van der Waals surface area contributed by atoms with Crippen molar-refractivity contribution in [1.82, 2.24) is 0 Å². The van der Waals surface area contributed by atoms with Gasteiger partial charge in [0.25, 0.3) is 0 Å². The monoisotopic (exact) mass is 126 g/mol. The number of hydrogen-bond acceptors (Lipinski definition) is 0. The minimum atomic E-state index is 0.727. The van der Waals surface area contributed by atoms with E-state index < -0.39 is 0 Å². The van der Waals surface area contributed by atoms with Gasteiger partial charge in [0.05, 0.1) is 0 Å². The summed E-state index contributed by atoms with van der Waals surface area (Å²) < 4.78 is 0. The average Bonchev–Trinajstić information content (AvgIpc) is 1.64. The Labute approximate surface area is 59.0 Å². The molecule has 0 amide bonds. The predicted octanol–water partition coefficient (Wildman–Crippen LogP) is 3.24. The molecule has 0 radical (unpaired) electrons. The summed E-state index contributed by atoms with van der Waals surface area (Å²) in [4.78, 5) is 0. The van der Waals surface area contributed by atoms with E-state index in [-0.39, 0.29) is 0 Å². The summed E-state index contributed by atoms with van der Waals surface area (Å²) in [6.07, 6.45) is 1.23. The fraction of sp³-hybridized carbons (Fsp3) is 0.778. The van der Waals surface area contributed by atoms with E-state index in [1.807, 2.05) is 0 Å². The molecule has 0 heterocycles. The summed E-state index contributed by atoms with van der Waals surface area (Å²) in [7, 11) is 0. The van der Waals surface area contributed by atoms with Gasteiger partial charge in [0, 0.05) is 0 Å². The Hall–Kier alpha value is -0.260. The predicted molar refractivity (Wildman–Crippen MR) is 43.4 cm³/mol. The number of rotatable bonds is 3. The Morgan fingerprint density at radius 1 is 1.44 bits per heavy atom. The third kappa shape index (κ3) is 2.69. The lowest BCUT2D eigenvalue weighted by Gasteiger charge is -2.18. The molecule has 0 aromatic rings. The van der Waals surface area contributed by atoms with Crippen LogP contribution in [0.5, 0.6) is 0 Å². The molecule has 0 spiro atoms. The largest absolute Gasteiger partial charge is 0.0999 e. The summed E-state index contributed by atoms with van der Waals surface area (Å²) in [6.45, 7) is 12.8. The first kappa shape index (κ1) is 8.74. The minimum absolute atomic E-state index is 0.727. The second-order valence-electron chi connectivity index (χ2n) is 3.11. The van der Waals surface area contributed by atoms with Crippen molar-refractivity contribution < 1.29 is 0 Å². The van der Waals surface area contributed by atoms with Crippen LogP contribution < -0.4 is 0 Å². The molecule has 1 atom stereocenters. The second-order valence-corrected chi connectivity index (χ2v) is 3.11. The van der Waals surface area contributed by atoms with Crippen LogP contribution in [0.4, 0.5) is 0 Å². The van der Waals surface area contributed by atoms with Gasteiger partial charge < -0.3 is 0 Å². The Morgan fingerprint density at radius 2 is 1.89 bits per heavy atom. The van der Waals surface area contributed by atoms with E-state index in [1.165, 1.54) is 12.0 Å². The van der Waals surface area contributed by atoms with Gasteiger partial charge in [-0.3, -0.25) is 0 Å². The van der Waals surface area contributed by atoms with E-state index >= 15 is 0 Å². The van der Waals surface area contributed by atoms with Crippen molar-refractivity contribution in [1.29, 1.82) is 0 Å². The zero-order valence-electron chi connectivity index (χ0n) is 7.07. The zero-order valence-corrected chi connectivity index (χ0v) is 7.07. The molecule has 0 unspecified atom stereocenters. The average molecular weight is 126 g/mol. The van der Waals surface area contributed by atoms with E-state index in [9.17, 15) is 0 Å². The topological polar surface area (TPSA) is 0 Å². The van der Waals surface area contributed by atoms with Crippen LogP contribution in [0.2, 0.25) is 0 Å². The van der Waals surface area contributed by atoms with Crippen molar-refractivity contribution in [3.8, 4) is 0 Å². The van der Waals surface area contributed by atoms with Crippen LogP contribution in [-0.2, 0) is 0 Å². The molecule has 9 heavy (non-hydrogen) atoms. The van der Waals surface area contributed by atoms with Gasteiger partial charge in [-0.1, -0.05) is 32.9 Å². The smallest absolute Gasteiger partial charge is 0.0188 e. The first-order valence-corrected chi connectivity index (χ1v) is 3.75. The SMILES string of the molecule is C=C(C)[C@@H](CC)C(C)C. The Bertz CT molecular complexity index is 90.2. The van der Waals surface area contributed by atoms with Gasteiger partial charge in [-0.05, 0) is 25.2 Å². The van der Waals surface area contributed by atoms with Crippen LogP contribution in [0, 0.1) is 11.8 Å². The Morgan fingerprint density at radius 3 is 1.89 bits per heavy atom. The molecule has 0 N–H and O–H groups in total. The van der Waals surface area contributed by atoms with Crippen LogP contribution in [0.15, 0.2) is 12.2 Å². The van der Waals surface area contributed by atoms with Crippen LogP contribution in [-0.4, -0.2) is 0 Å². The maximum Gasteiger partial charge on any atom is -0.0188 e. The highest BCUT2D eigenvalue weighted by atomic mass is 14.1. The van der Waals surface area contributed by atoms with Crippen molar-refractivity contribution in [3.63, 3.8) is 0 Å². The summed E-state index contributed by atoms with van der Waals surface area (Å²) in [5, 5.41) is 0. The van der Waals surface area contributed by atoms with E-state index in [0.717, 1.165) is 11.8 Å². The molecule has 0 bridgehead atoms. The zero-order chi connectivity index (χ0) is 7.44. The normalized spacial score (nSPS) is 13.9. The summed E-state index contributed by atoms with van der Waals surface area (Å²) in [5.41, 5.74) is 1.33. The summed E-state index contributed by atoms with van der Waals surface area (Å²) >= 11 is 0. The number of allylic oxidation sites excluding steroid dienone is 1. The maximum atomic E-state index is 3.95. The van der Waals surface area contributed by atoms with Gasteiger partial charge in [-0.2, -0.15) is 0 Å². The molecule has 0 aliphatic rings. The van der Waals surface area contributed by atoms with Gasteiger partial charge in [0.1, 0.15) is 0 Å². The molecule has 0 aliphatic carbocycles. The van der Waals surface area contributed by atoms with Crippen molar-refractivity contribution in [3.05, 3.63) is 12.2 Å². The Balaban J connectivity index is 3.83. The van der Waals surface area contributed by atoms with Crippen molar-refractivity contribution in [2.24, 2.45) is 11.8 Å². The number of hydrogen-bond donors (Lipinski definition) is 0. The Kier molecular flexibility index (Phi) is 3.60. The van der Waals surface area contributed by atoms with Gasteiger partial charge >= 0.3 is 0 Å². The van der Waals surface area contributed by atoms with Crippen LogP contribution in [0.3, 0.4) is 0 Å². The molecule has 0 aromatic heterocycles. The van der Waals surface area contributed by atoms with Crippen molar-refractivity contribution in [2.75, 3.05) is 0 Å². The molecule has 0 aromatic carbocycles. The van der Waals surface area contributed by atoms with Gasteiger partial charge in [-0.15, -0.1) is 0 Å².